The first kappa shape index (κ1) is 19.0. The van der Waals surface area contributed by atoms with Crippen molar-refractivity contribution in [2.45, 2.75) is 12.7 Å². The number of para-hydroxylation sites is 1. The maximum atomic E-state index is 11.6. The van der Waals surface area contributed by atoms with E-state index in [1.54, 1.807) is 7.05 Å². The molecule has 0 aliphatic rings. The van der Waals surface area contributed by atoms with Gasteiger partial charge in [-0.05, 0) is 43.8 Å². The summed E-state index contributed by atoms with van der Waals surface area (Å²) in [5.41, 5.74) is 3.62. The Hall–Kier alpha value is -2.77. The van der Waals surface area contributed by atoms with Crippen molar-refractivity contribution in [1.29, 1.82) is 0 Å². The Morgan fingerprint density at radius 2 is 1.85 bits per heavy atom. The van der Waals surface area contributed by atoms with Crippen molar-refractivity contribution in [3.63, 3.8) is 0 Å². The molecule has 0 bridgehead atoms. The van der Waals surface area contributed by atoms with Gasteiger partial charge in [0.05, 0.1) is 29.0 Å². The molecule has 1 atom stereocenters. The Balaban J connectivity index is 1.77. The van der Waals surface area contributed by atoms with Crippen LogP contribution >= 0.6 is 0 Å². The average molecular weight is 382 g/mol. The average Bonchev–Trinajstić information content (AvgIpc) is 2.70. The Bertz CT molecular complexity index is 916. The maximum Gasteiger partial charge on any atom is 0.134 e. The highest BCUT2D eigenvalue weighted by Crippen LogP contribution is 2.29. The molecule has 1 heterocycles. The lowest BCUT2D eigenvalue weighted by Gasteiger charge is -2.11. The van der Waals surface area contributed by atoms with Gasteiger partial charge >= 0.3 is 0 Å². The van der Waals surface area contributed by atoms with Gasteiger partial charge in [0.2, 0.25) is 0 Å². The molecule has 0 spiro atoms. The van der Waals surface area contributed by atoms with Crippen LogP contribution in [0.2, 0.25) is 0 Å². The molecule has 2 N–H and O–H groups in total. The molecule has 0 amide bonds. The van der Waals surface area contributed by atoms with Gasteiger partial charge in [-0.15, -0.1) is 0 Å². The number of hydrogen-bond acceptors (Lipinski definition) is 5. The summed E-state index contributed by atoms with van der Waals surface area (Å²) in [5.74, 6) is 1.97. The molecule has 2 aromatic carbocycles. The number of rotatable bonds is 8. The van der Waals surface area contributed by atoms with E-state index in [0.29, 0.717) is 18.2 Å². The van der Waals surface area contributed by atoms with Gasteiger partial charge in [-0.1, -0.05) is 24.3 Å². The standard InChI is InChI=1S/C20H22N4O2S/c1-3-26-19-7-5-4-6-17(19)18-12-20(23-14-22-18)24-16-10-8-15(9-11-16)13-27(25)21-2/h4-12,14,21H,3,13H2,1-2H3,(H,22,23,24). The number of nitrogens with one attached hydrogen (secondary N) is 2. The second kappa shape index (κ2) is 9.25. The van der Waals surface area contributed by atoms with E-state index in [2.05, 4.69) is 20.0 Å². The fraction of sp³-hybridized carbons (Fsp3) is 0.200. The second-order valence-corrected chi connectivity index (χ2v) is 7.12. The summed E-state index contributed by atoms with van der Waals surface area (Å²) >= 11 is 0. The molecule has 3 rings (SSSR count). The minimum atomic E-state index is -1.05. The van der Waals surface area contributed by atoms with Crippen molar-refractivity contribution in [1.82, 2.24) is 14.7 Å². The molecule has 0 aliphatic heterocycles. The van der Waals surface area contributed by atoms with Gasteiger partial charge in [0.15, 0.2) is 0 Å². The zero-order valence-electron chi connectivity index (χ0n) is 15.3. The molecular weight excluding hydrogens is 360 g/mol. The van der Waals surface area contributed by atoms with Crippen LogP contribution in [-0.2, 0) is 16.7 Å². The topological polar surface area (TPSA) is 76.1 Å². The Kier molecular flexibility index (Phi) is 6.51. The fourth-order valence-corrected chi connectivity index (χ4v) is 3.23. The van der Waals surface area contributed by atoms with Crippen LogP contribution in [0.5, 0.6) is 5.75 Å². The van der Waals surface area contributed by atoms with Gasteiger partial charge in [-0.25, -0.2) is 18.9 Å². The van der Waals surface area contributed by atoms with Crippen molar-refractivity contribution in [2.75, 3.05) is 19.0 Å². The van der Waals surface area contributed by atoms with Crippen molar-refractivity contribution in [3.05, 3.63) is 66.5 Å². The molecule has 0 fully saturated rings. The van der Waals surface area contributed by atoms with E-state index in [1.165, 1.54) is 6.33 Å². The monoisotopic (exact) mass is 382 g/mol. The first-order chi connectivity index (χ1) is 13.2. The Morgan fingerprint density at radius 3 is 2.59 bits per heavy atom. The molecule has 7 heteroatoms. The number of benzene rings is 2. The van der Waals surface area contributed by atoms with Crippen LogP contribution in [0.4, 0.5) is 11.5 Å². The molecule has 1 unspecified atom stereocenters. The summed E-state index contributed by atoms with van der Waals surface area (Å²) in [6.45, 7) is 2.55. The van der Waals surface area contributed by atoms with E-state index in [1.807, 2.05) is 61.5 Å². The van der Waals surface area contributed by atoms with Crippen LogP contribution in [0.15, 0.2) is 60.9 Å². The summed E-state index contributed by atoms with van der Waals surface area (Å²) in [7, 11) is 0.629. The molecule has 6 nitrogen and oxygen atoms in total. The van der Waals surface area contributed by atoms with Crippen molar-refractivity contribution in [2.24, 2.45) is 0 Å². The second-order valence-electron chi connectivity index (χ2n) is 5.73. The van der Waals surface area contributed by atoms with Crippen LogP contribution < -0.4 is 14.8 Å². The molecule has 0 saturated carbocycles. The molecule has 0 saturated heterocycles. The number of aromatic nitrogens is 2. The largest absolute Gasteiger partial charge is 0.493 e. The lowest BCUT2D eigenvalue weighted by molar-refractivity contribution is 0.341. The van der Waals surface area contributed by atoms with E-state index >= 15 is 0 Å². The molecule has 1 aromatic heterocycles. The predicted octanol–water partition coefficient (Wildman–Crippen LogP) is 3.67. The molecule has 0 radical (unpaired) electrons. The number of nitrogens with zero attached hydrogens (tertiary/aromatic N) is 2. The Labute approximate surface area is 161 Å². The van der Waals surface area contributed by atoms with E-state index in [4.69, 9.17) is 4.74 Å². The highest BCUT2D eigenvalue weighted by molar-refractivity contribution is 7.82. The van der Waals surface area contributed by atoms with Crippen molar-refractivity contribution >= 4 is 22.5 Å². The van der Waals surface area contributed by atoms with Crippen LogP contribution in [0.1, 0.15) is 12.5 Å². The van der Waals surface area contributed by atoms with E-state index in [9.17, 15) is 4.21 Å². The molecule has 140 valence electrons. The first-order valence-corrected chi connectivity index (χ1v) is 9.97. The predicted molar refractivity (Wildman–Crippen MR) is 109 cm³/mol. The molecular formula is C20H22N4O2S. The zero-order valence-corrected chi connectivity index (χ0v) is 16.1. The summed E-state index contributed by atoms with van der Waals surface area (Å²) in [5, 5.41) is 3.28. The van der Waals surface area contributed by atoms with E-state index in [0.717, 1.165) is 28.3 Å². The van der Waals surface area contributed by atoms with Crippen LogP contribution in [0.25, 0.3) is 11.3 Å². The highest BCUT2D eigenvalue weighted by Gasteiger charge is 2.08. The summed E-state index contributed by atoms with van der Waals surface area (Å²) in [4.78, 5) is 8.68. The summed E-state index contributed by atoms with van der Waals surface area (Å²) in [6, 6.07) is 17.5. The molecule has 3 aromatic rings. The number of hydrogen-bond donors (Lipinski definition) is 2. The SMILES string of the molecule is CCOc1ccccc1-c1cc(Nc2ccc(CS(=O)NC)cc2)ncn1. The third-order valence-corrected chi connectivity index (χ3v) is 4.93. The van der Waals surface area contributed by atoms with Crippen LogP contribution in [-0.4, -0.2) is 27.8 Å². The van der Waals surface area contributed by atoms with E-state index in [-0.39, 0.29) is 0 Å². The Morgan fingerprint density at radius 1 is 1.07 bits per heavy atom. The lowest BCUT2D eigenvalue weighted by atomic mass is 10.1. The summed E-state index contributed by atoms with van der Waals surface area (Å²) in [6.07, 6.45) is 1.53. The van der Waals surface area contributed by atoms with Crippen LogP contribution in [0, 0.1) is 0 Å². The maximum absolute atomic E-state index is 11.6. The smallest absolute Gasteiger partial charge is 0.134 e. The lowest BCUT2D eigenvalue weighted by Crippen LogP contribution is -2.12. The quantitative estimate of drug-likeness (QED) is 0.622. The van der Waals surface area contributed by atoms with Gasteiger partial charge in [0, 0.05) is 17.3 Å². The zero-order chi connectivity index (χ0) is 19.1. The highest BCUT2D eigenvalue weighted by atomic mass is 32.2. The molecule has 27 heavy (non-hydrogen) atoms. The third-order valence-electron chi connectivity index (χ3n) is 3.88. The van der Waals surface area contributed by atoms with Gasteiger partial charge in [-0.3, -0.25) is 0 Å². The van der Waals surface area contributed by atoms with Crippen molar-refractivity contribution < 1.29 is 8.95 Å². The van der Waals surface area contributed by atoms with Gasteiger partial charge in [-0.2, -0.15) is 0 Å². The number of ether oxygens (including phenoxy) is 1. The molecule has 0 aliphatic carbocycles. The minimum absolute atomic E-state index is 0.475. The fourth-order valence-electron chi connectivity index (χ4n) is 2.59. The first-order valence-electron chi connectivity index (χ1n) is 8.65. The van der Waals surface area contributed by atoms with Gasteiger partial charge in [0.1, 0.15) is 17.9 Å². The van der Waals surface area contributed by atoms with E-state index < -0.39 is 11.0 Å². The van der Waals surface area contributed by atoms with Crippen molar-refractivity contribution in [3.8, 4) is 17.0 Å². The minimum Gasteiger partial charge on any atom is -0.493 e. The van der Waals surface area contributed by atoms with Crippen LogP contribution in [0.3, 0.4) is 0 Å². The van der Waals surface area contributed by atoms with Gasteiger partial charge < -0.3 is 10.1 Å². The summed E-state index contributed by atoms with van der Waals surface area (Å²) < 4.78 is 20.0. The third kappa shape index (κ3) is 5.12. The normalized spacial score (nSPS) is 11.8. The van der Waals surface area contributed by atoms with Gasteiger partial charge in [0.25, 0.3) is 0 Å². The number of anilines is 2.